The molecule has 0 atom stereocenters. The molecule has 0 saturated heterocycles. The van der Waals surface area contributed by atoms with Gasteiger partial charge in [-0.1, -0.05) is 11.6 Å². The Morgan fingerprint density at radius 3 is 2.65 bits per heavy atom. The third-order valence-corrected chi connectivity index (χ3v) is 4.66. The minimum Gasteiger partial charge on any atom is -0.490 e. The lowest BCUT2D eigenvalue weighted by Gasteiger charge is -2.17. The van der Waals surface area contributed by atoms with Gasteiger partial charge in [0.25, 0.3) is 5.91 Å². The molecule has 0 aromatic heterocycles. The fraction of sp³-hybridized carbons (Fsp3) is 0.263. The monoisotopic (exact) mass is 372 g/mol. The molecular formula is C19H17ClN2O4. The summed E-state index contributed by atoms with van der Waals surface area (Å²) in [4.78, 5) is 24.1. The van der Waals surface area contributed by atoms with Gasteiger partial charge in [-0.25, -0.2) is 0 Å². The third-order valence-electron chi connectivity index (χ3n) is 4.35. The molecule has 2 amide bonds. The summed E-state index contributed by atoms with van der Waals surface area (Å²) in [6, 6.07) is 8.55. The number of fused-ring (bicyclic) bond motifs is 2. The maximum absolute atomic E-state index is 12.6. The Balaban J connectivity index is 1.57. The lowest BCUT2D eigenvalue weighted by atomic mass is 10.00. The lowest BCUT2D eigenvalue weighted by molar-refractivity contribution is -0.116. The lowest BCUT2D eigenvalue weighted by Crippen LogP contribution is -2.20. The van der Waals surface area contributed by atoms with Crippen molar-refractivity contribution in [2.24, 2.45) is 0 Å². The van der Waals surface area contributed by atoms with E-state index in [-0.39, 0.29) is 11.8 Å². The molecule has 0 bridgehead atoms. The highest BCUT2D eigenvalue weighted by molar-refractivity contribution is 6.34. The van der Waals surface area contributed by atoms with Gasteiger partial charge in [0, 0.05) is 36.2 Å². The van der Waals surface area contributed by atoms with Crippen molar-refractivity contribution in [3.63, 3.8) is 0 Å². The first-order valence-electron chi connectivity index (χ1n) is 8.43. The molecular weight excluding hydrogens is 356 g/mol. The Labute approximate surface area is 155 Å². The van der Waals surface area contributed by atoms with Crippen molar-refractivity contribution in [1.29, 1.82) is 0 Å². The standard InChI is InChI=1S/C19H17ClN2O4/c20-13-9-16-17(26-7-1-6-25-16)10-15(13)22-19(24)12-2-4-14-11(8-12)3-5-18(23)21-14/h2,4,8-10H,1,3,5-7H2,(H,21,23)(H,22,24). The topological polar surface area (TPSA) is 76.7 Å². The first-order valence-corrected chi connectivity index (χ1v) is 8.81. The molecule has 4 rings (SSSR count). The summed E-state index contributed by atoms with van der Waals surface area (Å²) in [5.41, 5.74) is 2.67. The maximum Gasteiger partial charge on any atom is 0.255 e. The second-order valence-electron chi connectivity index (χ2n) is 6.20. The number of nitrogens with one attached hydrogen (secondary N) is 2. The number of rotatable bonds is 2. The van der Waals surface area contributed by atoms with Crippen molar-refractivity contribution in [1.82, 2.24) is 0 Å². The summed E-state index contributed by atoms with van der Waals surface area (Å²) in [6.45, 7) is 1.12. The summed E-state index contributed by atoms with van der Waals surface area (Å²) < 4.78 is 11.2. The van der Waals surface area contributed by atoms with E-state index in [4.69, 9.17) is 21.1 Å². The molecule has 6 nitrogen and oxygen atoms in total. The van der Waals surface area contributed by atoms with E-state index in [9.17, 15) is 9.59 Å². The van der Waals surface area contributed by atoms with Gasteiger partial charge in [-0.3, -0.25) is 9.59 Å². The van der Waals surface area contributed by atoms with Gasteiger partial charge in [0.15, 0.2) is 11.5 Å². The van der Waals surface area contributed by atoms with Crippen LogP contribution in [0.5, 0.6) is 11.5 Å². The van der Waals surface area contributed by atoms with Gasteiger partial charge < -0.3 is 20.1 Å². The fourth-order valence-electron chi connectivity index (χ4n) is 3.00. The average Bonchev–Trinajstić information content (AvgIpc) is 2.86. The number of aryl methyl sites for hydroxylation is 1. The molecule has 2 aliphatic heterocycles. The summed E-state index contributed by atoms with van der Waals surface area (Å²) in [5.74, 6) is 0.861. The van der Waals surface area contributed by atoms with Gasteiger partial charge >= 0.3 is 0 Å². The summed E-state index contributed by atoms with van der Waals surface area (Å²) in [7, 11) is 0. The highest BCUT2D eigenvalue weighted by Crippen LogP contribution is 2.38. The molecule has 7 heteroatoms. The number of carbonyl (C=O) groups excluding carboxylic acids is 2. The number of amides is 2. The van der Waals surface area contributed by atoms with Crippen molar-refractivity contribution < 1.29 is 19.1 Å². The van der Waals surface area contributed by atoms with Crippen LogP contribution in [-0.2, 0) is 11.2 Å². The van der Waals surface area contributed by atoms with Crippen LogP contribution < -0.4 is 20.1 Å². The molecule has 134 valence electrons. The van der Waals surface area contributed by atoms with E-state index in [0.29, 0.717) is 53.8 Å². The van der Waals surface area contributed by atoms with Crippen LogP contribution in [0.15, 0.2) is 30.3 Å². The summed E-state index contributed by atoms with van der Waals surface area (Å²) >= 11 is 6.28. The Morgan fingerprint density at radius 1 is 1.08 bits per heavy atom. The van der Waals surface area contributed by atoms with Crippen LogP contribution >= 0.6 is 11.6 Å². The van der Waals surface area contributed by atoms with Crippen molar-refractivity contribution in [2.75, 3.05) is 23.8 Å². The predicted octanol–water partition coefficient (Wildman–Crippen LogP) is 3.64. The van der Waals surface area contributed by atoms with E-state index in [0.717, 1.165) is 17.7 Å². The van der Waals surface area contributed by atoms with E-state index in [2.05, 4.69) is 10.6 Å². The predicted molar refractivity (Wildman–Crippen MR) is 98.4 cm³/mol. The molecule has 2 heterocycles. The smallest absolute Gasteiger partial charge is 0.255 e. The van der Waals surface area contributed by atoms with E-state index >= 15 is 0 Å². The number of benzene rings is 2. The summed E-state index contributed by atoms with van der Waals surface area (Å²) in [6.07, 6.45) is 1.83. The molecule has 0 fully saturated rings. The van der Waals surface area contributed by atoms with Gasteiger partial charge in [0.05, 0.1) is 23.9 Å². The molecule has 0 aliphatic carbocycles. The van der Waals surface area contributed by atoms with E-state index in [1.807, 2.05) is 0 Å². The van der Waals surface area contributed by atoms with E-state index in [1.54, 1.807) is 30.3 Å². The zero-order valence-electron chi connectivity index (χ0n) is 13.9. The van der Waals surface area contributed by atoms with Crippen LogP contribution in [0, 0.1) is 0 Å². The number of hydrogen-bond donors (Lipinski definition) is 2. The second kappa shape index (κ2) is 6.88. The molecule has 0 spiro atoms. The van der Waals surface area contributed by atoms with Crippen LogP contribution in [0.25, 0.3) is 0 Å². The minimum atomic E-state index is -0.277. The third kappa shape index (κ3) is 3.32. The Hall–Kier alpha value is -2.73. The highest BCUT2D eigenvalue weighted by atomic mass is 35.5. The molecule has 2 aromatic rings. The number of carbonyl (C=O) groups is 2. The molecule has 0 saturated carbocycles. The Kier molecular flexibility index (Phi) is 4.42. The van der Waals surface area contributed by atoms with Crippen LogP contribution in [0.1, 0.15) is 28.8 Å². The van der Waals surface area contributed by atoms with Gasteiger partial charge in [-0.05, 0) is 30.2 Å². The molecule has 2 N–H and O–H groups in total. The molecule has 2 aliphatic rings. The number of ether oxygens (including phenoxy) is 2. The molecule has 26 heavy (non-hydrogen) atoms. The minimum absolute atomic E-state index is 0.00585. The second-order valence-corrected chi connectivity index (χ2v) is 6.61. The van der Waals surface area contributed by atoms with E-state index < -0.39 is 0 Å². The Bertz CT molecular complexity index is 897. The zero-order valence-corrected chi connectivity index (χ0v) is 14.7. The van der Waals surface area contributed by atoms with E-state index in [1.165, 1.54) is 0 Å². The number of hydrogen-bond acceptors (Lipinski definition) is 4. The molecule has 0 unspecified atom stereocenters. The van der Waals surface area contributed by atoms with Crippen molar-refractivity contribution in [3.05, 3.63) is 46.5 Å². The van der Waals surface area contributed by atoms with Gasteiger partial charge in [0.1, 0.15) is 0 Å². The van der Waals surface area contributed by atoms with Crippen LogP contribution in [0.2, 0.25) is 5.02 Å². The van der Waals surface area contributed by atoms with Crippen LogP contribution in [-0.4, -0.2) is 25.0 Å². The molecule has 0 radical (unpaired) electrons. The quantitative estimate of drug-likeness (QED) is 0.843. The van der Waals surface area contributed by atoms with Gasteiger partial charge in [0.2, 0.25) is 5.91 Å². The summed E-state index contributed by atoms with van der Waals surface area (Å²) in [5, 5.41) is 6.00. The first kappa shape index (κ1) is 16.7. The number of anilines is 2. The Morgan fingerprint density at radius 2 is 1.85 bits per heavy atom. The van der Waals surface area contributed by atoms with Gasteiger partial charge in [-0.15, -0.1) is 0 Å². The van der Waals surface area contributed by atoms with Crippen molar-refractivity contribution >= 4 is 34.8 Å². The van der Waals surface area contributed by atoms with Crippen LogP contribution in [0.3, 0.4) is 0 Å². The molecule has 2 aromatic carbocycles. The fourth-order valence-corrected chi connectivity index (χ4v) is 3.20. The van der Waals surface area contributed by atoms with Gasteiger partial charge in [-0.2, -0.15) is 0 Å². The average molecular weight is 373 g/mol. The highest BCUT2D eigenvalue weighted by Gasteiger charge is 2.19. The number of halogens is 1. The first-order chi connectivity index (χ1) is 12.6. The maximum atomic E-state index is 12.6. The SMILES string of the molecule is O=C1CCc2cc(C(=O)Nc3cc4c(cc3Cl)OCCCO4)ccc2N1. The normalized spacial score (nSPS) is 15.5. The van der Waals surface area contributed by atoms with Crippen molar-refractivity contribution in [2.45, 2.75) is 19.3 Å². The zero-order chi connectivity index (χ0) is 18.1. The largest absolute Gasteiger partial charge is 0.490 e. The van der Waals surface area contributed by atoms with Crippen LogP contribution in [0.4, 0.5) is 11.4 Å². The van der Waals surface area contributed by atoms with Crippen molar-refractivity contribution in [3.8, 4) is 11.5 Å².